The molecule has 0 spiro atoms. The molecule has 0 radical (unpaired) electrons. The highest BCUT2D eigenvalue weighted by Gasteiger charge is 2.22. The number of anilines is 1. The van der Waals surface area contributed by atoms with Crippen LogP contribution in [-0.4, -0.2) is 59.9 Å². The molecule has 0 bridgehead atoms. The molecule has 0 aliphatic carbocycles. The van der Waals surface area contributed by atoms with Crippen molar-refractivity contribution in [2.24, 2.45) is 5.92 Å². The molecule has 1 saturated heterocycles. The maximum absolute atomic E-state index is 12.8. The van der Waals surface area contributed by atoms with Crippen LogP contribution in [0.25, 0.3) is 0 Å². The van der Waals surface area contributed by atoms with Gasteiger partial charge in [0.05, 0.1) is 11.3 Å². The normalized spacial score (nSPS) is 16.9. The number of pyridine rings is 1. The number of hydrogen-bond donors (Lipinski definition) is 2. The number of nitrogens with one attached hydrogen (secondary N) is 2. The van der Waals surface area contributed by atoms with Crippen molar-refractivity contribution in [3.05, 3.63) is 42.1 Å². The number of hydrogen-bond acceptors (Lipinski definition) is 7. The molecule has 2 aliphatic heterocycles. The van der Waals surface area contributed by atoms with Gasteiger partial charge in [0.2, 0.25) is 12.7 Å². The quantitative estimate of drug-likeness (QED) is 0.571. The summed E-state index contributed by atoms with van der Waals surface area (Å²) < 4.78 is 10.6. The number of carbonyl (C=O) groups is 2. The van der Waals surface area contributed by atoms with Gasteiger partial charge in [-0.3, -0.25) is 14.5 Å². The number of piperidine rings is 1. The second-order valence-electron chi connectivity index (χ2n) is 8.54. The third-order valence-electron chi connectivity index (χ3n) is 6.01. The number of likely N-dealkylation sites (tertiary alicyclic amines) is 1. The van der Waals surface area contributed by atoms with Crippen molar-refractivity contribution in [2.75, 3.05) is 37.5 Å². The zero-order valence-corrected chi connectivity index (χ0v) is 19.8. The van der Waals surface area contributed by atoms with Crippen molar-refractivity contribution in [1.29, 1.82) is 0 Å². The Hall–Kier alpha value is -2.78. The van der Waals surface area contributed by atoms with E-state index in [0.29, 0.717) is 34.3 Å². The summed E-state index contributed by atoms with van der Waals surface area (Å²) in [7, 11) is 0. The van der Waals surface area contributed by atoms with Crippen LogP contribution < -0.4 is 20.1 Å². The van der Waals surface area contributed by atoms with Crippen molar-refractivity contribution >= 4 is 29.3 Å². The minimum atomic E-state index is -0.191. The van der Waals surface area contributed by atoms with Crippen LogP contribution in [0.4, 0.5) is 5.69 Å². The van der Waals surface area contributed by atoms with E-state index in [1.807, 2.05) is 0 Å². The predicted molar refractivity (Wildman–Crippen MR) is 128 cm³/mol. The second-order valence-corrected chi connectivity index (χ2v) is 9.50. The summed E-state index contributed by atoms with van der Waals surface area (Å²) >= 11 is 1.24. The van der Waals surface area contributed by atoms with Crippen LogP contribution in [0, 0.1) is 5.92 Å². The van der Waals surface area contributed by atoms with E-state index >= 15 is 0 Å². The van der Waals surface area contributed by atoms with Gasteiger partial charge in [0.25, 0.3) is 5.91 Å². The zero-order chi connectivity index (χ0) is 23.2. The molecule has 0 saturated carbocycles. The van der Waals surface area contributed by atoms with Crippen LogP contribution in [0.1, 0.15) is 37.0 Å². The highest BCUT2D eigenvalue weighted by molar-refractivity contribution is 8.00. The summed E-state index contributed by atoms with van der Waals surface area (Å²) in [5, 5.41) is 6.42. The van der Waals surface area contributed by atoms with Gasteiger partial charge in [0.15, 0.2) is 11.5 Å². The molecule has 1 atom stereocenters. The van der Waals surface area contributed by atoms with Gasteiger partial charge >= 0.3 is 0 Å². The summed E-state index contributed by atoms with van der Waals surface area (Å²) in [4.78, 5) is 32.0. The molecule has 8 nitrogen and oxygen atoms in total. The smallest absolute Gasteiger partial charge is 0.254 e. The van der Waals surface area contributed by atoms with E-state index in [1.165, 1.54) is 24.6 Å². The van der Waals surface area contributed by atoms with Crippen LogP contribution in [0.15, 0.2) is 41.6 Å². The highest BCUT2D eigenvalue weighted by atomic mass is 32.2. The Kier molecular flexibility index (Phi) is 7.72. The number of aromatic nitrogens is 1. The first-order valence-electron chi connectivity index (χ1n) is 11.3. The van der Waals surface area contributed by atoms with Gasteiger partial charge in [-0.15, -0.1) is 0 Å². The molecule has 33 heavy (non-hydrogen) atoms. The van der Waals surface area contributed by atoms with Gasteiger partial charge in [0, 0.05) is 30.5 Å². The Balaban J connectivity index is 1.28. The fraction of sp³-hybridized carbons (Fsp3) is 0.458. The largest absolute Gasteiger partial charge is 0.454 e. The van der Waals surface area contributed by atoms with E-state index < -0.39 is 0 Å². The van der Waals surface area contributed by atoms with Gasteiger partial charge < -0.3 is 20.1 Å². The van der Waals surface area contributed by atoms with E-state index in [-0.39, 0.29) is 30.4 Å². The number of benzene rings is 1. The Morgan fingerprint density at radius 3 is 2.82 bits per heavy atom. The number of nitrogens with zero attached hydrogens (tertiary/aromatic N) is 2. The minimum Gasteiger partial charge on any atom is -0.454 e. The first-order chi connectivity index (χ1) is 16.0. The molecule has 2 aromatic rings. The first kappa shape index (κ1) is 23.4. The van der Waals surface area contributed by atoms with E-state index in [9.17, 15) is 9.59 Å². The maximum atomic E-state index is 12.8. The third-order valence-corrected chi connectivity index (χ3v) is 7.02. The third kappa shape index (κ3) is 6.17. The van der Waals surface area contributed by atoms with Crippen molar-refractivity contribution < 1.29 is 19.1 Å². The Bertz CT molecular complexity index is 994. The molecule has 1 aromatic carbocycles. The Labute approximate surface area is 198 Å². The molecule has 9 heteroatoms. The number of ether oxygens (including phenoxy) is 2. The molecule has 2 amide bonds. The minimum absolute atomic E-state index is 0.133. The van der Waals surface area contributed by atoms with Crippen molar-refractivity contribution in [1.82, 2.24) is 15.2 Å². The summed E-state index contributed by atoms with van der Waals surface area (Å²) in [5.74, 6) is 1.82. The van der Waals surface area contributed by atoms with Crippen LogP contribution in [0.2, 0.25) is 0 Å². The zero-order valence-electron chi connectivity index (χ0n) is 19.0. The summed E-state index contributed by atoms with van der Waals surface area (Å²) in [6.45, 7) is 7.35. The van der Waals surface area contributed by atoms with E-state index in [2.05, 4.69) is 34.4 Å². The number of rotatable bonds is 8. The lowest BCUT2D eigenvalue weighted by atomic mass is 9.98. The summed E-state index contributed by atoms with van der Waals surface area (Å²) in [6, 6.07) is 9.02. The monoisotopic (exact) mass is 470 g/mol. The van der Waals surface area contributed by atoms with Gasteiger partial charge in [-0.1, -0.05) is 18.7 Å². The topological polar surface area (TPSA) is 92.8 Å². The Morgan fingerprint density at radius 1 is 1.21 bits per heavy atom. The van der Waals surface area contributed by atoms with Crippen molar-refractivity contribution in [3.63, 3.8) is 0 Å². The lowest BCUT2D eigenvalue weighted by molar-refractivity contribution is -0.113. The van der Waals surface area contributed by atoms with Crippen LogP contribution in [0.5, 0.6) is 11.5 Å². The van der Waals surface area contributed by atoms with Crippen LogP contribution in [-0.2, 0) is 4.79 Å². The molecule has 1 unspecified atom stereocenters. The van der Waals surface area contributed by atoms with Gasteiger partial charge in [-0.05, 0) is 63.0 Å². The molecule has 2 aliphatic rings. The van der Waals surface area contributed by atoms with Gasteiger partial charge in [0.1, 0.15) is 5.03 Å². The Morgan fingerprint density at radius 2 is 2.00 bits per heavy atom. The fourth-order valence-electron chi connectivity index (χ4n) is 3.92. The second kappa shape index (κ2) is 10.9. The van der Waals surface area contributed by atoms with Crippen molar-refractivity contribution in [3.8, 4) is 11.5 Å². The van der Waals surface area contributed by atoms with E-state index in [0.717, 1.165) is 19.0 Å². The molecule has 176 valence electrons. The lowest BCUT2D eigenvalue weighted by Crippen LogP contribution is -2.45. The van der Waals surface area contributed by atoms with E-state index in [1.54, 1.807) is 36.5 Å². The number of thioether (sulfide) groups is 1. The fourth-order valence-corrected chi connectivity index (χ4v) is 4.71. The van der Waals surface area contributed by atoms with Gasteiger partial charge in [-0.25, -0.2) is 4.98 Å². The highest BCUT2D eigenvalue weighted by Crippen LogP contribution is 2.34. The van der Waals surface area contributed by atoms with Crippen molar-refractivity contribution in [2.45, 2.75) is 37.8 Å². The van der Waals surface area contributed by atoms with Crippen LogP contribution in [0.3, 0.4) is 0 Å². The van der Waals surface area contributed by atoms with E-state index in [4.69, 9.17) is 9.47 Å². The lowest BCUT2D eigenvalue weighted by Gasteiger charge is -2.35. The predicted octanol–water partition coefficient (Wildman–Crippen LogP) is 3.39. The summed E-state index contributed by atoms with van der Waals surface area (Å²) in [6.07, 6.45) is 4.04. The molecule has 3 heterocycles. The number of fused-ring (bicyclic) bond motifs is 1. The average Bonchev–Trinajstić information content (AvgIpc) is 3.29. The molecular formula is C24H30N4O4S. The number of carbonyl (C=O) groups excluding carboxylic acids is 2. The molecular weight excluding hydrogens is 440 g/mol. The first-order valence-corrected chi connectivity index (χ1v) is 12.3. The van der Waals surface area contributed by atoms with Crippen LogP contribution >= 0.6 is 11.8 Å². The number of amides is 2. The maximum Gasteiger partial charge on any atom is 0.254 e. The molecule has 1 fully saturated rings. The molecule has 4 rings (SSSR count). The average molecular weight is 471 g/mol. The van der Waals surface area contributed by atoms with Gasteiger partial charge in [-0.2, -0.15) is 0 Å². The SMILES string of the molecule is CC1CCN(C(C)CNC(=O)c2cccnc2SCC(=O)Nc2ccc3c(c2)OCO3)CC1. The molecule has 2 N–H and O–H groups in total. The standard InChI is InChI=1S/C24H30N4O4S/c1-16-7-10-28(11-8-16)17(2)13-26-23(30)19-4-3-9-25-24(19)33-14-22(29)27-18-5-6-20-21(12-18)32-15-31-20/h3-6,9,12,16-17H,7-8,10-11,13-15H2,1-2H3,(H,26,30)(H,27,29). The summed E-state index contributed by atoms with van der Waals surface area (Å²) in [5.41, 5.74) is 1.11. The molecule has 1 aromatic heterocycles.